The average molecular weight is 429 g/mol. The number of allylic oxidation sites excluding steroid dienone is 3. The first-order chi connectivity index (χ1) is 15.3. The summed E-state index contributed by atoms with van der Waals surface area (Å²) in [7, 11) is -0.704. The summed E-state index contributed by atoms with van der Waals surface area (Å²) in [6.07, 6.45) is 6.17. The molecular formula is C28H29O2P. The molecule has 0 aromatic heterocycles. The first-order valence-electron chi connectivity index (χ1n) is 10.9. The number of aliphatic hydroxyl groups is 1. The molecule has 2 nitrogen and oxygen atoms in total. The maximum atomic E-state index is 9.18. The molecule has 3 aromatic rings. The monoisotopic (exact) mass is 428 g/mol. The lowest BCUT2D eigenvalue weighted by atomic mass is 9.92. The van der Waals surface area contributed by atoms with Crippen molar-refractivity contribution in [2.24, 2.45) is 5.92 Å². The van der Waals surface area contributed by atoms with Gasteiger partial charge in [-0.2, -0.15) is 0 Å². The van der Waals surface area contributed by atoms with E-state index in [2.05, 4.69) is 104 Å². The van der Waals surface area contributed by atoms with E-state index < -0.39 is 7.92 Å². The fourth-order valence-electron chi connectivity index (χ4n) is 3.92. The highest BCUT2D eigenvalue weighted by molar-refractivity contribution is 7.80. The highest BCUT2D eigenvalue weighted by atomic mass is 31.1. The molecule has 0 saturated heterocycles. The minimum absolute atomic E-state index is 0.145. The number of hydrogen-bond acceptors (Lipinski definition) is 2. The van der Waals surface area contributed by atoms with Crippen molar-refractivity contribution in [3.8, 4) is 0 Å². The Bertz CT molecular complexity index is 1000. The molecule has 1 unspecified atom stereocenters. The Morgan fingerprint density at radius 3 is 2.13 bits per heavy atom. The first kappa shape index (κ1) is 21.6. The summed E-state index contributed by atoms with van der Waals surface area (Å²) >= 11 is 0. The zero-order valence-electron chi connectivity index (χ0n) is 17.9. The van der Waals surface area contributed by atoms with E-state index in [1.165, 1.54) is 27.1 Å². The van der Waals surface area contributed by atoms with Crippen LogP contribution in [0.1, 0.15) is 25.3 Å². The van der Waals surface area contributed by atoms with Gasteiger partial charge >= 0.3 is 0 Å². The molecular weight excluding hydrogens is 399 g/mol. The Kier molecular flexibility index (Phi) is 7.35. The van der Waals surface area contributed by atoms with Crippen molar-refractivity contribution in [2.75, 3.05) is 13.2 Å². The van der Waals surface area contributed by atoms with Crippen LogP contribution in [0.5, 0.6) is 0 Å². The Morgan fingerprint density at radius 1 is 0.871 bits per heavy atom. The number of benzene rings is 3. The lowest BCUT2D eigenvalue weighted by molar-refractivity contribution is 0.185. The molecule has 1 aliphatic carbocycles. The van der Waals surface area contributed by atoms with E-state index in [1.54, 1.807) is 0 Å². The van der Waals surface area contributed by atoms with Gasteiger partial charge in [-0.25, -0.2) is 0 Å². The second kappa shape index (κ2) is 10.6. The van der Waals surface area contributed by atoms with Crippen LogP contribution in [-0.4, -0.2) is 18.3 Å². The lowest BCUT2D eigenvalue weighted by Gasteiger charge is -2.26. The second-order valence-corrected chi connectivity index (χ2v) is 10.00. The van der Waals surface area contributed by atoms with E-state index >= 15 is 0 Å². The molecule has 1 atom stereocenters. The van der Waals surface area contributed by atoms with Gasteiger partial charge in [-0.15, -0.1) is 0 Å². The number of aliphatic hydroxyl groups excluding tert-OH is 1. The van der Waals surface area contributed by atoms with Crippen LogP contribution in [0.4, 0.5) is 0 Å². The molecule has 0 fully saturated rings. The highest BCUT2D eigenvalue weighted by Gasteiger charge is 2.24. The number of rotatable bonds is 8. The Hall–Kier alpha value is -2.67. The largest absolute Gasteiger partial charge is 0.493 e. The predicted octanol–water partition coefficient (Wildman–Crippen LogP) is 5.15. The van der Waals surface area contributed by atoms with Crippen LogP contribution in [0, 0.1) is 5.92 Å². The summed E-state index contributed by atoms with van der Waals surface area (Å²) in [6, 6.07) is 30.4. The zero-order valence-corrected chi connectivity index (χ0v) is 18.8. The highest BCUT2D eigenvalue weighted by Crippen LogP contribution is 2.39. The molecule has 3 aromatic carbocycles. The van der Waals surface area contributed by atoms with E-state index in [0.29, 0.717) is 18.9 Å². The van der Waals surface area contributed by atoms with E-state index in [4.69, 9.17) is 4.74 Å². The molecule has 1 aliphatic rings. The van der Waals surface area contributed by atoms with Crippen molar-refractivity contribution >= 4 is 29.4 Å². The van der Waals surface area contributed by atoms with Gasteiger partial charge in [-0.05, 0) is 47.8 Å². The van der Waals surface area contributed by atoms with Crippen molar-refractivity contribution in [3.63, 3.8) is 0 Å². The molecule has 0 amide bonds. The van der Waals surface area contributed by atoms with Gasteiger partial charge in [0.25, 0.3) is 0 Å². The van der Waals surface area contributed by atoms with E-state index in [0.717, 1.165) is 12.2 Å². The zero-order chi connectivity index (χ0) is 21.5. The van der Waals surface area contributed by atoms with Gasteiger partial charge in [0.15, 0.2) is 0 Å². The van der Waals surface area contributed by atoms with Gasteiger partial charge in [-0.3, -0.25) is 0 Å². The maximum Gasteiger partial charge on any atom is 0.122 e. The third kappa shape index (κ3) is 5.15. The van der Waals surface area contributed by atoms with Crippen molar-refractivity contribution in [1.29, 1.82) is 0 Å². The summed E-state index contributed by atoms with van der Waals surface area (Å²) in [5.41, 5.74) is 2.41. The molecule has 4 rings (SSSR count). The normalized spacial score (nSPS) is 16.0. The fourth-order valence-corrected chi connectivity index (χ4v) is 6.39. The molecule has 3 heteroatoms. The van der Waals surface area contributed by atoms with Gasteiger partial charge in [-0.1, -0.05) is 97.9 Å². The lowest BCUT2D eigenvalue weighted by Crippen LogP contribution is -2.24. The van der Waals surface area contributed by atoms with Crippen LogP contribution in [0.2, 0.25) is 0 Å². The van der Waals surface area contributed by atoms with Crippen molar-refractivity contribution in [3.05, 3.63) is 108 Å². The van der Waals surface area contributed by atoms with Crippen molar-refractivity contribution < 1.29 is 9.84 Å². The molecule has 0 aliphatic heterocycles. The van der Waals surface area contributed by atoms with Crippen molar-refractivity contribution in [2.45, 2.75) is 19.8 Å². The summed E-state index contributed by atoms with van der Waals surface area (Å²) in [6.45, 7) is 2.93. The molecule has 0 saturated carbocycles. The summed E-state index contributed by atoms with van der Waals surface area (Å²) in [4.78, 5) is 0. The molecule has 0 heterocycles. The van der Waals surface area contributed by atoms with E-state index in [9.17, 15) is 5.11 Å². The van der Waals surface area contributed by atoms with Gasteiger partial charge in [0, 0.05) is 18.6 Å². The first-order valence-corrected chi connectivity index (χ1v) is 12.3. The Balaban J connectivity index is 1.82. The van der Waals surface area contributed by atoms with Gasteiger partial charge < -0.3 is 9.84 Å². The number of ether oxygens (including phenoxy) is 1. The van der Waals surface area contributed by atoms with Crippen LogP contribution in [0.25, 0.3) is 5.57 Å². The molecule has 0 radical (unpaired) electrons. The van der Waals surface area contributed by atoms with Crippen LogP contribution in [-0.2, 0) is 4.74 Å². The second-order valence-electron chi connectivity index (χ2n) is 7.81. The SMILES string of the molecule is CC1C=C(c2ccccc2P(c2ccccc2)c2ccccc2)C(OCCCO)=CC1. The molecule has 0 bridgehead atoms. The Morgan fingerprint density at radius 2 is 1.48 bits per heavy atom. The molecule has 1 N–H and O–H groups in total. The third-order valence-electron chi connectivity index (χ3n) is 5.42. The van der Waals surface area contributed by atoms with Crippen LogP contribution in [0.15, 0.2) is 103 Å². The van der Waals surface area contributed by atoms with E-state index in [1.807, 2.05) is 0 Å². The molecule has 0 spiro atoms. The standard InChI is InChI=1S/C28H29O2P/c1-22-17-18-27(30-20-10-19-29)26(21-22)25-15-8-9-16-28(25)31(23-11-4-2-5-12-23)24-13-6-3-7-14-24/h2-9,11-16,18,21-22,29H,10,17,19-20H2,1H3. The van der Waals surface area contributed by atoms with Crippen LogP contribution < -0.4 is 15.9 Å². The molecule has 31 heavy (non-hydrogen) atoms. The average Bonchev–Trinajstić information content (AvgIpc) is 2.82. The molecule has 158 valence electrons. The van der Waals surface area contributed by atoms with Gasteiger partial charge in [0.05, 0.1) is 6.61 Å². The minimum atomic E-state index is -0.704. The smallest absolute Gasteiger partial charge is 0.122 e. The topological polar surface area (TPSA) is 29.5 Å². The fraction of sp³-hybridized carbons (Fsp3) is 0.214. The predicted molar refractivity (Wildman–Crippen MR) is 133 cm³/mol. The van der Waals surface area contributed by atoms with Gasteiger partial charge in [0.2, 0.25) is 0 Å². The van der Waals surface area contributed by atoms with Crippen LogP contribution >= 0.6 is 7.92 Å². The summed E-state index contributed by atoms with van der Waals surface area (Å²) < 4.78 is 6.12. The summed E-state index contributed by atoms with van der Waals surface area (Å²) in [5, 5.41) is 13.2. The van der Waals surface area contributed by atoms with Gasteiger partial charge in [0.1, 0.15) is 5.76 Å². The third-order valence-corrected chi connectivity index (χ3v) is 7.92. The Labute approximate surface area is 186 Å². The quantitative estimate of drug-likeness (QED) is 0.397. The maximum absolute atomic E-state index is 9.18. The van der Waals surface area contributed by atoms with Crippen LogP contribution in [0.3, 0.4) is 0 Å². The minimum Gasteiger partial charge on any atom is -0.493 e. The number of hydrogen-bond donors (Lipinski definition) is 1. The summed E-state index contributed by atoms with van der Waals surface area (Å²) in [5.74, 6) is 1.41. The van der Waals surface area contributed by atoms with Crippen molar-refractivity contribution in [1.82, 2.24) is 0 Å². The van der Waals surface area contributed by atoms with E-state index in [-0.39, 0.29) is 6.61 Å².